The van der Waals surface area contributed by atoms with Gasteiger partial charge in [0.05, 0.1) is 0 Å². The number of hydrogen-bond acceptors (Lipinski definition) is 4. The van der Waals surface area contributed by atoms with E-state index >= 15 is 0 Å². The summed E-state index contributed by atoms with van der Waals surface area (Å²) in [5.41, 5.74) is 5.66. The summed E-state index contributed by atoms with van der Waals surface area (Å²) in [5.74, 6) is 0.650. The molecule has 0 atom stereocenters. The molecule has 7 heteroatoms. The second kappa shape index (κ2) is 12.7. The van der Waals surface area contributed by atoms with Gasteiger partial charge in [0.25, 0.3) is 0 Å². The van der Waals surface area contributed by atoms with Gasteiger partial charge in [-0.1, -0.05) is 49.7 Å². The maximum absolute atomic E-state index is 8.22. The zero-order valence-electron chi connectivity index (χ0n) is 16.8. The van der Waals surface area contributed by atoms with E-state index in [2.05, 4.69) is 52.7 Å². The van der Waals surface area contributed by atoms with Gasteiger partial charge in [-0.05, 0) is 23.3 Å². The van der Waals surface area contributed by atoms with Gasteiger partial charge in [0.1, 0.15) is 0 Å². The fourth-order valence-electron chi connectivity index (χ4n) is 2.54. The van der Waals surface area contributed by atoms with Gasteiger partial charge in [0.15, 0.2) is 0 Å². The topological polar surface area (TPSA) is 48.5 Å². The van der Waals surface area contributed by atoms with Crippen molar-refractivity contribution in [2.75, 3.05) is 37.8 Å². The van der Waals surface area contributed by atoms with Gasteiger partial charge in [0.2, 0.25) is 0 Å². The summed E-state index contributed by atoms with van der Waals surface area (Å²) in [6, 6.07) is 15.0. The molecule has 0 saturated carbocycles. The molecule has 28 heavy (non-hydrogen) atoms. The molecule has 0 radical (unpaired) electrons. The second-order valence-corrected chi connectivity index (χ2v) is 8.68. The summed E-state index contributed by atoms with van der Waals surface area (Å²) in [7, 11) is 4.09. The molecule has 0 unspecified atom stereocenters. The van der Waals surface area contributed by atoms with E-state index in [-0.39, 0.29) is 4.75 Å². The number of rotatable bonds is 9. The van der Waals surface area contributed by atoms with Crippen molar-refractivity contribution in [1.29, 1.82) is 0 Å². The van der Waals surface area contributed by atoms with Crippen LogP contribution in [0.3, 0.4) is 0 Å². The molecule has 0 heterocycles. The molecule has 0 amide bonds. The monoisotopic (exact) mass is 498 g/mol. The summed E-state index contributed by atoms with van der Waals surface area (Å²) >= 11 is 11.3. The van der Waals surface area contributed by atoms with Crippen molar-refractivity contribution in [1.82, 2.24) is 0 Å². The number of nitrogens with zero attached hydrogens (tertiary/aromatic N) is 3. The molecule has 2 aromatic carbocycles. The number of anilines is 1. The summed E-state index contributed by atoms with van der Waals surface area (Å²) in [6.45, 7) is 5.99. The second-order valence-electron chi connectivity index (χ2n) is 7.17. The van der Waals surface area contributed by atoms with E-state index in [1.54, 1.807) is 0 Å². The molecule has 2 rings (SSSR count). The third-order valence-electron chi connectivity index (χ3n) is 3.96. The Kier molecular flexibility index (Phi) is 11.4. The Hall–Kier alpha value is -0.851. The molecule has 0 N–H and O–H groups in total. The van der Waals surface area contributed by atoms with E-state index < -0.39 is 0 Å². The fourth-order valence-corrected chi connectivity index (χ4v) is 2.73. The summed E-state index contributed by atoms with van der Waals surface area (Å²) in [4.78, 5) is 2.10. The van der Waals surface area contributed by atoms with Crippen LogP contribution in [-0.4, -0.2) is 37.7 Å². The molecule has 151 valence electrons. The van der Waals surface area contributed by atoms with E-state index in [9.17, 15) is 0 Å². The van der Waals surface area contributed by atoms with Crippen molar-refractivity contribution < 1.29 is 22.4 Å². The summed E-state index contributed by atoms with van der Waals surface area (Å²) in [5, 5.41) is 9.27. The third-order valence-corrected chi connectivity index (χ3v) is 4.27. The molecule has 0 fully saturated rings. The third kappa shape index (κ3) is 8.66. The molecule has 4 nitrogen and oxygen atoms in total. The molecule has 0 aliphatic heterocycles. The van der Waals surface area contributed by atoms with Crippen LogP contribution in [0.2, 0.25) is 0 Å². The minimum atomic E-state index is -0.240. The van der Waals surface area contributed by atoms with Crippen LogP contribution >= 0.6 is 0 Å². The van der Waals surface area contributed by atoms with Gasteiger partial charge in [-0.3, -0.25) is 0 Å². The zero-order chi connectivity index (χ0) is 21.2. The fraction of sp³-hybridized carbons (Fsp3) is 0.429. The molecule has 0 saturated heterocycles. The van der Waals surface area contributed by atoms with Gasteiger partial charge in [-0.2, -0.15) is 17.0 Å². The first kappa shape index (κ1) is 25.2. The SMILES string of the molecule is CN(C)c1ccc(-c2ccc([N-]CC(C)(C)[S-])c(C[N-]CC[S-])c2)cc1.[O]=[Tc+4]. The normalized spacial score (nSPS) is 10.9. The molecular weight excluding hydrogens is 472 g/mol. The molecular formula is C21H27N3OS2Tc. The predicted molar refractivity (Wildman–Crippen MR) is 120 cm³/mol. The van der Waals surface area contributed by atoms with Crippen molar-refractivity contribution in [2.24, 2.45) is 0 Å². The van der Waals surface area contributed by atoms with Crippen LogP contribution < -0.4 is 4.90 Å². The van der Waals surface area contributed by atoms with Crippen LogP contribution in [0.15, 0.2) is 42.5 Å². The first-order valence-corrected chi connectivity index (χ1v) is 10.7. The van der Waals surface area contributed by atoms with Crippen molar-refractivity contribution >= 4 is 36.6 Å². The predicted octanol–water partition coefficient (Wildman–Crippen LogP) is 5.05. The van der Waals surface area contributed by atoms with Crippen LogP contribution in [-0.2, 0) is 54.2 Å². The molecule has 0 spiro atoms. The summed E-state index contributed by atoms with van der Waals surface area (Å²) < 4.78 is 7.98. The average molecular weight is 500 g/mol. The average Bonchev–Trinajstić information content (AvgIpc) is 2.68. The molecule has 0 aliphatic rings. The van der Waals surface area contributed by atoms with Gasteiger partial charge in [0, 0.05) is 19.8 Å². The minimum absolute atomic E-state index is 0.240. The Balaban J connectivity index is 0.00000190. The quantitative estimate of drug-likeness (QED) is 0.358. The van der Waals surface area contributed by atoms with Crippen LogP contribution in [0.5, 0.6) is 0 Å². The van der Waals surface area contributed by atoms with Crippen molar-refractivity contribution in [3.8, 4) is 11.1 Å². The van der Waals surface area contributed by atoms with Crippen LogP contribution in [0, 0.1) is 0 Å². The Morgan fingerprint density at radius 3 is 2.18 bits per heavy atom. The Bertz CT molecular complexity index is 719. The van der Waals surface area contributed by atoms with E-state index in [1.165, 1.54) is 16.8 Å². The summed E-state index contributed by atoms with van der Waals surface area (Å²) in [6.07, 6.45) is 0. The van der Waals surface area contributed by atoms with E-state index in [4.69, 9.17) is 34.1 Å². The van der Waals surface area contributed by atoms with Crippen LogP contribution in [0.4, 0.5) is 11.4 Å². The van der Waals surface area contributed by atoms with E-state index in [0.717, 1.165) is 30.1 Å². The number of hydrogen-bond donors (Lipinski definition) is 0. The first-order chi connectivity index (χ1) is 13.3. The molecule has 0 aliphatic carbocycles. The molecule has 0 bridgehead atoms. The Morgan fingerprint density at radius 2 is 1.64 bits per heavy atom. The van der Waals surface area contributed by atoms with Gasteiger partial charge in [-0.25, -0.2) is 0 Å². The molecule has 2 aromatic rings. The zero-order valence-corrected chi connectivity index (χ0v) is 20.3. The first-order valence-electron chi connectivity index (χ1n) is 8.95. The maximum atomic E-state index is 8.22. The van der Waals surface area contributed by atoms with Crippen molar-refractivity contribution in [2.45, 2.75) is 25.1 Å². The van der Waals surface area contributed by atoms with E-state index in [0.29, 0.717) is 25.4 Å². The standard InChI is InChI=1S/C21H29N3S2.O.Tc/c1-21(2,26)15-23-20-10-7-17(13-18(20)14-22-11-12-25)16-5-8-19(9-6-16)24(3)4;;/h5-10,13,25-26H,11-12,14-15H2,1-4H3;;/q-2;;+4/p-2. The van der Waals surface area contributed by atoms with Gasteiger partial charge < -0.3 is 40.8 Å². The van der Waals surface area contributed by atoms with E-state index in [1.807, 2.05) is 27.9 Å². The van der Waals surface area contributed by atoms with Gasteiger partial charge in [-0.15, -0.1) is 18.8 Å². The Labute approximate surface area is 191 Å². The number of benzene rings is 2. The van der Waals surface area contributed by atoms with Crippen molar-refractivity contribution in [3.05, 3.63) is 58.7 Å². The molecule has 0 aromatic heterocycles. The van der Waals surface area contributed by atoms with Crippen LogP contribution in [0.25, 0.3) is 21.8 Å². The van der Waals surface area contributed by atoms with Gasteiger partial charge >= 0.3 is 22.4 Å². The van der Waals surface area contributed by atoms with Crippen LogP contribution in [0.1, 0.15) is 19.4 Å². The Morgan fingerprint density at radius 1 is 1.04 bits per heavy atom. The van der Waals surface area contributed by atoms with Crippen molar-refractivity contribution in [3.63, 3.8) is 0 Å².